The van der Waals surface area contributed by atoms with Crippen LogP contribution >= 0.6 is 0 Å². The van der Waals surface area contributed by atoms with E-state index in [1.54, 1.807) is 0 Å². The Labute approximate surface area is 103 Å². The van der Waals surface area contributed by atoms with Gasteiger partial charge in [-0.05, 0) is 25.0 Å². The zero-order valence-electron chi connectivity index (χ0n) is 9.60. The average molecular weight is 257 g/mol. The molecule has 6 heteroatoms. The van der Waals surface area contributed by atoms with E-state index in [0.29, 0.717) is 25.9 Å². The second-order valence-corrected chi connectivity index (χ2v) is 4.14. The van der Waals surface area contributed by atoms with E-state index in [1.807, 2.05) is 0 Å². The van der Waals surface area contributed by atoms with Crippen LogP contribution in [0.4, 0.5) is 13.6 Å². The van der Waals surface area contributed by atoms with Crippen LogP contribution in [0.5, 0.6) is 5.75 Å². The number of nitrogens with zero attached hydrogens (tertiary/aromatic N) is 1. The van der Waals surface area contributed by atoms with Crippen molar-refractivity contribution in [2.24, 2.45) is 0 Å². The SMILES string of the molecule is O=C(Oc1cccc(F)c1F)N1CCC(O)CC1. The van der Waals surface area contributed by atoms with Crippen molar-refractivity contribution in [2.75, 3.05) is 13.1 Å². The highest BCUT2D eigenvalue weighted by Crippen LogP contribution is 2.20. The molecule has 1 heterocycles. The normalized spacial score (nSPS) is 16.7. The number of likely N-dealkylation sites (tertiary alicyclic amines) is 1. The Balaban J connectivity index is 2.01. The lowest BCUT2D eigenvalue weighted by molar-refractivity contribution is 0.0791. The number of carbonyl (C=O) groups excluding carboxylic acids is 1. The third kappa shape index (κ3) is 2.76. The van der Waals surface area contributed by atoms with Crippen molar-refractivity contribution in [3.63, 3.8) is 0 Å². The molecule has 1 aromatic rings. The lowest BCUT2D eigenvalue weighted by Crippen LogP contribution is -2.41. The summed E-state index contributed by atoms with van der Waals surface area (Å²) < 4.78 is 31.0. The molecule has 0 bridgehead atoms. The van der Waals surface area contributed by atoms with E-state index >= 15 is 0 Å². The van der Waals surface area contributed by atoms with Crippen molar-refractivity contribution in [3.8, 4) is 5.75 Å². The Bertz CT molecular complexity index is 445. The molecule has 4 nitrogen and oxygen atoms in total. The molecule has 1 aromatic carbocycles. The summed E-state index contributed by atoms with van der Waals surface area (Å²) in [4.78, 5) is 13.0. The van der Waals surface area contributed by atoms with Gasteiger partial charge in [-0.15, -0.1) is 0 Å². The number of amides is 1. The maximum absolute atomic E-state index is 13.3. The summed E-state index contributed by atoms with van der Waals surface area (Å²) in [6, 6.07) is 3.40. The van der Waals surface area contributed by atoms with Crippen LogP contribution in [-0.2, 0) is 0 Å². The van der Waals surface area contributed by atoms with Crippen molar-refractivity contribution in [2.45, 2.75) is 18.9 Å². The summed E-state index contributed by atoms with van der Waals surface area (Å²) in [7, 11) is 0. The topological polar surface area (TPSA) is 49.8 Å². The smallest absolute Gasteiger partial charge is 0.407 e. The third-order valence-corrected chi connectivity index (χ3v) is 2.84. The Morgan fingerprint density at radius 3 is 2.67 bits per heavy atom. The fourth-order valence-corrected chi connectivity index (χ4v) is 1.77. The maximum atomic E-state index is 13.3. The highest BCUT2D eigenvalue weighted by Gasteiger charge is 2.23. The largest absolute Gasteiger partial charge is 0.415 e. The van der Waals surface area contributed by atoms with Gasteiger partial charge in [-0.1, -0.05) is 6.07 Å². The molecular formula is C12H13F2NO3. The van der Waals surface area contributed by atoms with E-state index < -0.39 is 29.6 Å². The number of halogens is 2. The first-order chi connectivity index (χ1) is 8.58. The van der Waals surface area contributed by atoms with Crippen LogP contribution in [0.25, 0.3) is 0 Å². The molecule has 18 heavy (non-hydrogen) atoms. The second-order valence-electron chi connectivity index (χ2n) is 4.14. The molecule has 1 saturated heterocycles. The van der Waals surface area contributed by atoms with Gasteiger partial charge in [0.25, 0.3) is 0 Å². The molecule has 0 aromatic heterocycles. The first-order valence-corrected chi connectivity index (χ1v) is 5.67. The highest BCUT2D eigenvalue weighted by molar-refractivity contribution is 5.70. The maximum Gasteiger partial charge on any atom is 0.415 e. The Morgan fingerprint density at radius 1 is 1.33 bits per heavy atom. The number of ether oxygens (including phenoxy) is 1. The zero-order chi connectivity index (χ0) is 13.1. The Kier molecular flexibility index (Phi) is 3.76. The van der Waals surface area contributed by atoms with Gasteiger partial charge in [0.2, 0.25) is 5.82 Å². The number of aliphatic hydroxyl groups is 1. The number of aliphatic hydroxyl groups excluding tert-OH is 1. The summed E-state index contributed by atoms with van der Waals surface area (Å²) in [6.45, 7) is 0.688. The molecule has 1 amide bonds. The van der Waals surface area contributed by atoms with Gasteiger partial charge in [-0.25, -0.2) is 9.18 Å². The molecule has 0 radical (unpaired) electrons. The van der Waals surface area contributed by atoms with E-state index in [-0.39, 0.29) is 0 Å². The van der Waals surface area contributed by atoms with Crippen LogP contribution in [0, 0.1) is 11.6 Å². The minimum atomic E-state index is -1.18. The van der Waals surface area contributed by atoms with Gasteiger partial charge < -0.3 is 14.7 Å². The number of hydrogen-bond donors (Lipinski definition) is 1. The molecule has 0 saturated carbocycles. The van der Waals surface area contributed by atoms with Crippen LogP contribution < -0.4 is 4.74 Å². The van der Waals surface area contributed by atoms with E-state index in [0.717, 1.165) is 6.07 Å². The van der Waals surface area contributed by atoms with Gasteiger partial charge in [0.15, 0.2) is 11.6 Å². The fourth-order valence-electron chi connectivity index (χ4n) is 1.77. The monoisotopic (exact) mass is 257 g/mol. The predicted molar refractivity (Wildman–Crippen MR) is 59.2 cm³/mol. The van der Waals surface area contributed by atoms with Crippen LogP contribution in [0.1, 0.15) is 12.8 Å². The van der Waals surface area contributed by atoms with Crippen LogP contribution in [0.2, 0.25) is 0 Å². The van der Waals surface area contributed by atoms with Crippen LogP contribution in [0.3, 0.4) is 0 Å². The summed E-state index contributed by atoms with van der Waals surface area (Å²) in [5.41, 5.74) is 0. The lowest BCUT2D eigenvalue weighted by Gasteiger charge is -2.28. The predicted octanol–water partition coefficient (Wildman–Crippen LogP) is 1.92. The van der Waals surface area contributed by atoms with Crippen molar-refractivity contribution in [1.29, 1.82) is 0 Å². The lowest BCUT2D eigenvalue weighted by atomic mass is 10.1. The van der Waals surface area contributed by atoms with Crippen molar-refractivity contribution in [1.82, 2.24) is 4.90 Å². The Morgan fingerprint density at radius 2 is 2.00 bits per heavy atom. The Hall–Kier alpha value is -1.69. The standard InChI is InChI=1S/C12H13F2NO3/c13-9-2-1-3-10(11(9)14)18-12(17)15-6-4-8(16)5-7-15/h1-3,8,16H,4-7H2. The van der Waals surface area contributed by atoms with Crippen molar-refractivity contribution in [3.05, 3.63) is 29.8 Å². The number of hydrogen-bond acceptors (Lipinski definition) is 3. The van der Waals surface area contributed by atoms with Crippen molar-refractivity contribution < 1.29 is 23.4 Å². The molecule has 1 fully saturated rings. The third-order valence-electron chi connectivity index (χ3n) is 2.84. The first-order valence-electron chi connectivity index (χ1n) is 5.67. The fraction of sp³-hybridized carbons (Fsp3) is 0.417. The molecule has 0 aliphatic carbocycles. The molecule has 0 atom stereocenters. The zero-order valence-corrected chi connectivity index (χ0v) is 9.60. The second kappa shape index (κ2) is 5.30. The van der Waals surface area contributed by atoms with Crippen molar-refractivity contribution >= 4 is 6.09 Å². The minimum absolute atomic E-state index is 0.344. The molecule has 1 aliphatic rings. The number of rotatable bonds is 1. The first kappa shape index (κ1) is 12.8. The molecular weight excluding hydrogens is 244 g/mol. The van der Waals surface area contributed by atoms with Gasteiger partial charge in [0.1, 0.15) is 0 Å². The average Bonchev–Trinajstić information content (AvgIpc) is 2.36. The highest BCUT2D eigenvalue weighted by atomic mass is 19.2. The molecule has 98 valence electrons. The minimum Gasteiger partial charge on any atom is -0.407 e. The number of carbonyl (C=O) groups is 1. The molecule has 2 rings (SSSR count). The van der Waals surface area contributed by atoms with E-state index in [2.05, 4.69) is 0 Å². The number of piperidine rings is 1. The van der Waals surface area contributed by atoms with E-state index in [4.69, 9.17) is 4.74 Å². The summed E-state index contributed by atoms with van der Waals surface area (Å²) >= 11 is 0. The van der Waals surface area contributed by atoms with Crippen LogP contribution in [-0.4, -0.2) is 35.3 Å². The van der Waals surface area contributed by atoms with Gasteiger partial charge in [-0.2, -0.15) is 4.39 Å². The molecule has 0 unspecified atom stereocenters. The molecule has 1 aliphatic heterocycles. The molecule has 1 N–H and O–H groups in total. The van der Waals surface area contributed by atoms with E-state index in [1.165, 1.54) is 17.0 Å². The van der Waals surface area contributed by atoms with Gasteiger partial charge in [-0.3, -0.25) is 0 Å². The van der Waals surface area contributed by atoms with Crippen LogP contribution in [0.15, 0.2) is 18.2 Å². The summed E-state index contributed by atoms with van der Waals surface area (Å²) in [5, 5.41) is 9.29. The molecule has 0 spiro atoms. The van der Waals surface area contributed by atoms with E-state index in [9.17, 15) is 18.7 Å². The quantitative estimate of drug-likeness (QED) is 0.836. The van der Waals surface area contributed by atoms with Gasteiger partial charge >= 0.3 is 6.09 Å². The summed E-state index contributed by atoms with van der Waals surface area (Å²) in [5.74, 6) is -2.66. The number of benzene rings is 1. The summed E-state index contributed by atoms with van der Waals surface area (Å²) in [6.07, 6.45) is -0.229. The van der Waals surface area contributed by atoms with Gasteiger partial charge in [0.05, 0.1) is 6.10 Å². The van der Waals surface area contributed by atoms with Gasteiger partial charge in [0, 0.05) is 13.1 Å².